The molecule has 3 aromatic rings. The number of imide groups is 1. The number of ketones is 2. The fourth-order valence-electron chi connectivity index (χ4n) is 5.32. The minimum Gasteiger partial charge on any atom is -0.349 e. The lowest BCUT2D eigenvalue weighted by Gasteiger charge is -2.27. The quantitative estimate of drug-likeness (QED) is 0.347. The van der Waals surface area contributed by atoms with Gasteiger partial charge in [-0.15, -0.1) is 0 Å². The molecule has 0 radical (unpaired) electrons. The van der Waals surface area contributed by atoms with Gasteiger partial charge in [-0.25, -0.2) is 4.90 Å². The van der Waals surface area contributed by atoms with Gasteiger partial charge in [0.1, 0.15) is 0 Å². The first-order valence-electron chi connectivity index (χ1n) is 10.6. The first kappa shape index (κ1) is 21.4. The molecule has 0 aromatic heterocycles. The van der Waals surface area contributed by atoms with Crippen molar-refractivity contribution in [1.29, 1.82) is 0 Å². The summed E-state index contributed by atoms with van der Waals surface area (Å²) in [5, 5.41) is 0.451. The number of halogens is 2. The van der Waals surface area contributed by atoms with E-state index >= 15 is 0 Å². The van der Waals surface area contributed by atoms with E-state index in [4.69, 9.17) is 16.3 Å². The number of benzene rings is 3. The van der Waals surface area contributed by atoms with Crippen molar-refractivity contribution >= 4 is 56.6 Å². The second kappa shape index (κ2) is 7.43. The third-order valence-corrected chi connectivity index (χ3v) is 7.58. The van der Waals surface area contributed by atoms with Crippen molar-refractivity contribution in [2.75, 3.05) is 4.90 Å². The van der Waals surface area contributed by atoms with Crippen molar-refractivity contribution in [3.05, 3.63) is 99.0 Å². The van der Waals surface area contributed by atoms with E-state index in [9.17, 15) is 19.2 Å². The van der Waals surface area contributed by atoms with Crippen LogP contribution in [0.25, 0.3) is 0 Å². The van der Waals surface area contributed by atoms with Crippen LogP contribution in [0.4, 0.5) is 5.69 Å². The Hall–Kier alpha value is -3.13. The predicted molar refractivity (Wildman–Crippen MR) is 127 cm³/mol. The van der Waals surface area contributed by atoms with E-state index in [0.29, 0.717) is 16.3 Å². The van der Waals surface area contributed by atoms with Crippen LogP contribution in [-0.2, 0) is 14.3 Å². The van der Waals surface area contributed by atoms with E-state index in [1.54, 1.807) is 72.8 Å². The Balaban J connectivity index is 1.54. The van der Waals surface area contributed by atoms with Gasteiger partial charge in [-0.1, -0.05) is 63.9 Å². The van der Waals surface area contributed by atoms with Gasteiger partial charge in [0, 0.05) is 20.6 Å². The molecular weight excluding hydrogens is 522 g/mol. The first-order chi connectivity index (χ1) is 16.3. The highest BCUT2D eigenvalue weighted by atomic mass is 79.9. The summed E-state index contributed by atoms with van der Waals surface area (Å²) in [6.45, 7) is 0. The van der Waals surface area contributed by atoms with Crippen LogP contribution in [0.2, 0.25) is 5.02 Å². The average Bonchev–Trinajstić information content (AvgIpc) is 3.40. The third kappa shape index (κ3) is 2.72. The molecule has 1 aliphatic carbocycles. The maximum Gasteiger partial charge on any atom is 0.241 e. The molecule has 2 aliphatic heterocycles. The number of anilines is 1. The lowest BCUT2D eigenvalue weighted by atomic mass is 9.77. The fraction of sp³-hybridized carbons (Fsp3) is 0.154. The highest BCUT2D eigenvalue weighted by molar-refractivity contribution is 9.10. The molecule has 3 atom stereocenters. The Morgan fingerprint density at radius 3 is 1.97 bits per heavy atom. The van der Waals surface area contributed by atoms with Crippen LogP contribution in [-0.4, -0.2) is 29.0 Å². The summed E-state index contributed by atoms with van der Waals surface area (Å²) in [6.07, 6.45) is -0.950. The summed E-state index contributed by atoms with van der Waals surface area (Å²) >= 11 is 9.38. The maximum absolute atomic E-state index is 13.8. The van der Waals surface area contributed by atoms with E-state index in [2.05, 4.69) is 15.9 Å². The van der Waals surface area contributed by atoms with Crippen LogP contribution in [0.15, 0.2) is 77.3 Å². The minimum absolute atomic E-state index is 0.202. The molecule has 2 saturated heterocycles. The van der Waals surface area contributed by atoms with Gasteiger partial charge in [0.2, 0.25) is 29.0 Å². The topological polar surface area (TPSA) is 80.8 Å². The summed E-state index contributed by atoms with van der Waals surface area (Å²) in [7, 11) is 0. The van der Waals surface area contributed by atoms with Crippen molar-refractivity contribution in [3.63, 3.8) is 0 Å². The molecule has 8 heteroatoms. The van der Waals surface area contributed by atoms with Crippen molar-refractivity contribution in [2.24, 2.45) is 11.8 Å². The van der Waals surface area contributed by atoms with E-state index in [-0.39, 0.29) is 11.1 Å². The number of hydrogen-bond donors (Lipinski definition) is 0. The zero-order chi connectivity index (χ0) is 23.8. The molecule has 3 aromatic carbocycles. The number of hydrogen-bond acceptors (Lipinski definition) is 5. The second-order valence-corrected chi connectivity index (χ2v) is 9.87. The average molecular weight is 537 g/mol. The van der Waals surface area contributed by atoms with Gasteiger partial charge in [0.05, 0.1) is 23.6 Å². The summed E-state index contributed by atoms with van der Waals surface area (Å²) < 4.78 is 7.07. The Kier molecular flexibility index (Phi) is 4.68. The third-order valence-electron chi connectivity index (χ3n) is 6.80. The molecule has 34 heavy (non-hydrogen) atoms. The Morgan fingerprint density at radius 2 is 1.38 bits per heavy atom. The summed E-state index contributed by atoms with van der Waals surface area (Å²) in [6, 6.07) is 19.8. The zero-order valence-electron chi connectivity index (χ0n) is 17.4. The van der Waals surface area contributed by atoms with Gasteiger partial charge in [-0.05, 0) is 42.0 Å². The highest BCUT2D eigenvalue weighted by Crippen LogP contribution is 2.57. The standard InChI is InChI=1S/C26H15BrClNO5/c27-14-7-5-13(6-8-14)21-19-20(25(33)29(24(19)32)16-11-9-15(28)10-12-16)26(34-21)22(30)17-3-1-2-4-18(17)23(26)31/h1-12,19-21H/t19-,20-,21-/m0/s1. The molecule has 2 heterocycles. The molecule has 2 fully saturated rings. The smallest absolute Gasteiger partial charge is 0.241 e. The molecular formula is C26H15BrClNO5. The van der Waals surface area contributed by atoms with Crippen LogP contribution in [0.3, 0.4) is 0 Å². The lowest BCUT2D eigenvalue weighted by molar-refractivity contribution is -0.127. The largest absolute Gasteiger partial charge is 0.349 e. The number of ether oxygens (including phenoxy) is 1. The van der Waals surface area contributed by atoms with Gasteiger partial charge < -0.3 is 4.74 Å². The number of carbonyl (C=O) groups is 4. The van der Waals surface area contributed by atoms with Gasteiger partial charge in [0.15, 0.2) is 0 Å². The number of amides is 2. The van der Waals surface area contributed by atoms with Crippen LogP contribution in [0.5, 0.6) is 0 Å². The fourth-order valence-corrected chi connectivity index (χ4v) is 5.71. The van der Waals surface area contributed by atoms with Crippen LogP contribution in [0.1, 0.15) is 32.4 Å². The van der Waals surface area contributed by atoms with Gasteiger partial charge in [-0.3, -0.25) is 19.2 Å². The number of rotatable bonds is 2. The molecule has 6 rings (SSSR count). The molecule has 0 saturated carbocycles. The van der Waals surface area contributed by atoms with E-state index in [1.165, 1.54) is 0 Å². The number of Topliss-reactive ketones (excluding diaryl/α,β-unsaturated/α-hetero) is 2. The molecule has 168 valence electrons. The predicted octanol–water partition coefficient (Wildman–Crippen LogP) is 4.80. The molecule has 1 spiro atoms. The highest BCUT2D eigenvalue weighted by Gasteiger charge is 2.74. The molecule has 0 bridgehead atoms. The molecule has 0 unspecified atom stereocenters. The lowest BCUT2D eigenvalue weighted by Crippen LogP contribution is -2.51. The van der Waals surface area contributed by atoms with Gasteiger partial charge in [0.25, 0.3) is 0 Å². The molecule has 3 aliphatic rings. The van der Waals surface area contributed by atoms with Crippen molar-refractivity contribution < 1.29 is 23.9 Å². The van der Waals surface area contributed by atoms with Crippen molar-refractivity contribution in [3.8, 4) is 0 Å². The number of nitrogens with zero attached hydrogens (tertiary/aromatic N) is 1. The number of carbonyl (C=O) groups excluding carboxylic acids is 4. The van der Waals surface area contributed by atoms with E-state index in [1.807, 2.05) is 0 Å². The monoisotopic (exact) mass is 535 g/mol. The zero-order valence-corrected chi connectivity index (χ0v) is 19.7. The Labute approximate surface area is 207 Å². The van der Waals surface area contributed by atoms with E-state index < -0.39 is 46.9 Å². The first-order valence-corrected chi connectivity index (χ1v) is 11.8. The van der Waals surface area contributed by atoms with Crippen molar-refractivity contribution in [1.82, 2.24) is 0 Å². The number of fused-ring (bicyclic) bond motifs is 3. The van der Waals surface area contributed by atoms with Gasteiger partial charge in [-0.2, -0.15) is 0 Å². The van der Waals surface area contributed by atoms with Crippen LogP contribution < -0.4 is 4.90 Å². The van der Waals surface area contributed by atoms with Crippen molar-refractivity contribution in [2.45, 2.75) is 11.7 Å². The maximum atomic E-state index is 13.8. The summed E-state index contributed by atoms with van der Waals surface area (Å²) in [4.78, 5) is 55.9. The normalized spacial score (nSPS) is 24.8. The SMILES string of the molecule is O=C1[C@H]2[C@@H](C(=O)N1c1ccc(Cl)cc1)C1(O[C@H]2c2ccc(Br)cc2)C(=O)c2ccccc2C1=O. The molecule has 2 amide bonds. The minimum atomic E-state index is -2.08. The van der Waals surface area contributed by atoms with Gasteiger partial charge >= 0.3 is 0 Å². The Bertz CT molecular complexity index is 1370. The summed E-state index contributed by atoms with van der Waals surface area (Å²) in [5.74, 6) is -4.63. The molecule has 0 N–H and O–H groups in total. The van der Waals surface area contributed by atoms with E-state index in [0.717, 1.165) is 9.37 Å². The molecule has 6 nitrogen and oxygen atoms in total. The second-order valence-electron chi connectivity index (χ2n) is 8.52. The van der Waals surface area contributed by atoms with Crippen LogP contribution in [0, 0.1) is 11.8 Å². The summed E-state index contributed by atoms with van der Waals surface area (Å²) in [5.41, 5.74) is -0.750. The van der Waals surface area contributed by atoms with Crippen LogP contribution >= 0.6 is 27.5 Å². The Morgan fingerprint density at radius 1 is 0.794 bits per heavy atom.